The molecule has 3 heteroatoms. The highest BCUT2D eigenvalue weighted by molar-refractivity contribution is 5.28. The number of aromatic nitrogens is 1. The van der Waals surface area contributed by atoms with Gasteiger partial charge in [0.1, 0.15) is 5.75 Å². The highest BCUT2D eigenvalue weighted by atomic mass is 16.5. The van der Waals surface area contributed by atoms with Crippen LogP contribution in [0.15, 0.2) is 48.7 Å². The molecule has 0 amide bonds. The summed E-state index contributed by atoms with van der Waals surface area (Å²) in [5.74, 6) is 0.831. The Morgan fingerprint density at radius 2 is 1.90 bits per heavy atom. The molecule has 106 valence electrons. The van der Waals surface area contributed by atoms with Crippen molar-refractivity contribution in [2.24, 2.45) is 5.73 Å². The molecular weight excluding hydrogens is 248 g/mol. The van der Waals surface area contributed by atoms with Crippen LogP contribution in [0.2, 0.25) is 0 Å². The van der Waals surface area contributed by atoms with Gasteiger partial charge in [0, 0.05) is 12.2 Å². The molecule has 0 aliphatic carbocycles. The molecule has 2 rings (SSSR count). The van der Waals surface area contributed by atoms with Gasteiger partial charge in [0.25, 0.3) is 0 Å². The van der Waals surface area contributed by atoms with Crippen molar-refractivity contribution in [3.05, 3.63) is 59.9 Å². The summed E-state index contributed by atoms with van der Waals surface area (Å²) in [6, 6.07) is 13.9. The molecule has 1 heterocycles. The molecule has 3 nitrogen and oxygen atoms in total. The van der Waals surface area contributed by atoms with Crippen LogP contribution in [0.5, 0.6) is 5.75 Å². The molecule has 0 saturated heterocycles. The number of benzene rings is 1. The van der Waals surface area contributed by atoms with Gasteiger partial charge in [0.15, 0.2) is 6.10 Å². The van der Waals surface area contributed by atoms with E-state index in [9.17, 15) is 0 Å². The van der Waals surface area contributed by atoms with Gasteiger partial charge in [-0.15, -0.1) is 0 Å². The van der Waals surface area contributed by atoms with E-state index in [0.717, 1.165) is 24.3 Å². The van der Waals surface area contributed by atoms with Gasteiger partial charge < -0.3 is 10.5 Å². The van der Waals surface area contributed by atoms with Crippen LogP contribution in [0.3, 0.4) is 0 Å². The van der Waals surface area contributed by atoms with E-state index in [1.54, 1.807) is 6.20 Å². The molecule has 0 saturated carbocycles. The summed E-state index contributed by atoms with van der Waals surface area (Å²) in [4.78, 5) is 4.34. The summed E-state index contributed by atoms with van der Waals surface area (Å²) in [6.07, 6.45) is 3.78. The van der Waals surface area contributed by atoms with Gasteiger partial charge in [-0.2, -0.15) is 0 Å². The largest absolute Gasteiger partial charge is 0.483 e. The summed E-state index contributed by atoms with van der Waals surface area (Å²) >= 11 is 0. The number of hydrogen-bond donors (Lipinski definition) is 1. The van der Waals surface area contributed by atoms with E-state index in [4.69, 9.17) is 10.5 Å². The van der Waals surface area contributed by atoms with Crippen molar-refractivity contribution in [1.29, 1.82) is 0 Å². The van der Waals surface area contributed by atoms with Crippen LogP contribution in [0.1, 0.15) is 37.6 Å². The van der Waals surface area contributed by atoms with Gasteiger partial charge >= 0.3 is 0 Å². The van der Waals surface area contributed by atoms with E-state index >= 15 is 0 Å². The fraction of sp³-hybridized carbons (Fsp3) is 0.353. The van der Waals surface area contributed by atoms with E-state index in [0.29, 0.717) is 0 Å². The lowest BCUT2D eigenvalue weighted by Gasteiger charge is -2.22. The normalized spacial score (nSPS) is 13.8. The third-order valence-corrected chi connectivity index (χ3v) is 3.18. The molecule has 0 fully saturated rings. The van der Waals surface area contributed by atoms with Crippen molar-refractivity contribution in [1.82, 2.24) is 4.98 Å². The van der Waals surface area contributed by atoms with Crippen molar-refractivity contribution in [3.8, 4) is 5.75 Å². The Bertz CT molecular complexity index is 508. The minimum Gasteiger partial charge on any atom is -0.483 e. The fourth-order valence-corrected chi connectivity index (χ4v) is 2.15. The molecule has 0 bridgehead atoms. The molecule has 0 aliphatic heterocycles. The minimum atomic E-state index is -0.228. The standard InChI is InChI=1S/C17H22N2O/c1-3-6-14-8-10-15(11-9-14)20-17(13(2)18)16-7-4-5-12-19-16/h4-5,7-13,17H,3,6,18H2,1-2H3. The Morgan fingerprint density at radius 3 is 2.45 bits per heavy atom. The number of rotatable bonds is 6. The van der Waals surface area contributed by atoms with E-state index in [2.05, 4.69) is 24.0 Å². The first-order valence-electron chi connectivity index (χ1n) is 7.13. The van der Waals surface area contributed by atoms with Crippen LogP contribution in [0.25, 0.3) is 0 Å². The molecule has 2 atom stereocenters. The van der Waals surface area contributed by atoms with Gasteiger partial charge in [0.05, 0.1) is 5.69 Å². The van der Waals surface area contributed by atoms with E-state index in [1.165, 1.54) is 5.56 Å². The number of ether oxygens (including phenoxy) is 1. The van der Waals surface area contributed by atoms with Crippen LogP contribution in [0.4, 0.5) is 0 Å². The zero-order valence-corrected chi connectivity index (χ0v) is 12.1. The zero-order valence-electron chi connectivity index (χ0n) is 12.1. The molecule has 0 aliphatic rings. The van der Waals surface area contributed by atoms with E-state index in [1.807, 2.05) is 37.3 Å². The second-order valence-corrected chi connectivity index (χ2v) is 5.05. The molecule has 0 radical (unpaired) electrons. The number of aryl methyl sites for hydroxylation is 1. The number of pyridine rings is 1. The number of nitrogens with two attached hydrogens (primary N) is 1. The Hall–Kier alpha value is -1.87. The smallest absolute Gasteiger partial charge is 0.155 e. The van der Waals surface area contributed by atoms with Crippen LogP contribution in [0, 0.1) is 0 Å². The van der Waals surface area contributed by atoms with Gasteiger partial charge in [-0.3, -0.25) is 4.98 Å². The maximum Gasteiger partial charge on any atom is 0.155 e. The predicted octanol–water partition coefficient (Wildman–Crippen LogP) is 3.50. The molecule has 1 aromatic heterocycles. The third-order valence-electron chi connectivity index (χ3n) is 3.18. The molecule has 2 N–H and O–H groups in total. The molecule has 20 heavy (non-hydrogen) atoms. The van der Waals surface area contributed by atoms with Crippen molar-refractivity contribution in [2.75, 3.05) is 0 Å². The van der Waals surface area contributed by atoms with Gasteiger partial charge in [-0.1, -0.05) is 31.5 Å². The minimum absolute atomic E-state index is 0.125. The lowest BCUT2D eigenvalue weighted by molar-refractivity contribution is 0.176. The zero-order chi connectivity index (χ0) is 14.4. The molecule has 1 aromatic carbocycles. The van der Waals surface area contributed by atoms with Gasteiger partial charge in [-0.05, 0) is 43.2 Å². The highest BCUT2D eigenvalue weighted by Gasteiger charge is 2.19. The second-order valence-electron chi connectivity index (χ2n) is 5.05. The summed E-state index contributed by atoms with van der Waals surface area (Å²) in [6.45, 7) is 4.11. The van der Waals surface area contributed by atoms with Gasteiger partial charge in [0.2, 0.25) is 0 Å². The predicted molar refractivity (Wildman–Crippen MR) is 81.7 cm³/mol. The van der Waals surface area contributed by atoms with Crippen LogP contribution in [-0.4, -0.2) is 11.0 Å². The number of hydrogen-bond acceptors (Lipinski definition) is 3. The lowest BCUT2D eigenvalue weighted by Crippen LogP contribution is -2.29. The average molecular weight is 270 g/mol. The topological polar surface area (TPSA) is 48.1 Å². The Balaban J connectivity index is 2.12. The van der Waals surface area contributed by atoms with Crippen molar-refractivity contribution in [3.63, 3.8) is 0 Å². The first-order chi connectivity index (χ1) is 9.70. The summed E-state index contributed by atoms with van der Waals surface area (Å²) in [7, 11) is 0. The average Bonchev–Trinajstić information content (AvgIpc) is 2.47. The van der Waals surface area contributed by atoms with Crippen molar-refractivity contribution < 1.29 is 4.74 Å². The monoisotopic (exact) mass is 270 g/mol. The second kappa shape index (κ2) is 7.06. The first-order valence-corrected chi connectivity index (χ1v) is 7.13. The molecule has 0 spiro atoms. The summed E-state index contributed by atoms with van der Waals surface area (Å²) in [5, 5.41) is 0. The van der Waals surface area contributed by atoms with Crippen LogP contribution in [-0.2, 0) is 6.42 Å². The third kappa shape index (κ3) is 3.81. The van der Waals surface area contributed by atoms with Crippen molar-refractivity contribution >= 4 is 0 Å². The SMILES string of the molecule is CCCc1ccc(OC(c2ccccn2)C(C)N)cc1. The fourth-order valence-electron chi connectivity index (χ4n) is 2.15. The molecule has 2 aromatic rings. The Morgan fingerprint density at radius 1 is 1.15 bits per heavy atom. The summed E-state index contributed by atoms with van der Waals surface area (Å²) < 4.78 is 6.01. The van der Waals surface area contributed by atoms with Crippen LogP contribution >= 0.6 is 0 Å². The van der Waals surface area contributed by atoms with Crippen molar-refractivity contribution in [2.45, 2.75) is 38.8 Å². The van der Waals surface area contributed by atoms with E-state index < -0.39 is 0 Å². The highest BCUT2D eigenvalue weighted by Crippen LogP contribution is 2.23. The quantitative estimate of drug-likeness (QED) is 0.874. The lowest BCUT2D eigenvalue weighted by atomic mass is 10.1. The molecule has 2 unspecified atom stereocenters. The maximum atomic E-state index is 6.03. The summed E-state index contributed by atoms with van der Waals surface area (Å²) in [5.41, 5.74) is 8.22. The first kappa shape index (κ1) is 14.5. The van der Waals surface area contributed by atoms with Gasteiger partial charge in [-0.25, -0.2) is 0 Å². The Labute approximate surface area is 120 Å². The number of nitrogens with zero attached hydrogens (tertiary/aromatic N) is 1. The van der Waals surface area contributed by atoms with E-state index in [-0.39, 0.29) is 12.1 Å². The molecular formula is C17H22N2O. The Kier molecular flexibility index (Phi) is 5.13. The van der Waals surface area contributed by atoms with Crippen LogP contribution < -0.4 is 10.5 Å². The maximum absolute atomic E-state index is 6.03.